The molecule has 0 atom stereocenters. The number of carbonyl (C=O) groups is 1. The second-order valence-corrected chi connectivity index (χ2v) is 1.08. The Morgan fingerprint density at radius 2 is 1.62 bits per heavy atom. The van der Waals surface area contributed by atoms with Crippen LogP contribution in [-0.2, 0) is 4.79 Å². The first-order valence-corrected chi connectivity index (χ1v) is 2.58. The van der Waals surface area contributed by atoms with Gasteiger partial charge in [-0.3, -0.25) is 0 Å². The number of halogens is 1. The molecule has 0 aliphatic rings. The molecule has 2 N–H and O–H groups in total. The Morgan fingerprint density at radius 3 is 1.62 bits per heavy atom. The van der Waals surface area contributed by atoms with Crippen molar-refractivity contribution < 1.29 is 15.0 Å². The third kappa shape index (κ3) is 39.6. The molecule has 0 fully saturated rings. The highest BCUT2D eigenvalue weighted by atomic mass is 35.5. The molecule has 50 valence electrons. The van der Waals surface area contributed by atoms with Crippen molar-refractivity contribution in [3.63, 3.8) is 0 Å². The summed E-state index contributed by atoms with van der Waals surface area (Å²) in [7, 11) is 0. The fourth-order valence-electron chi connectivity index (χ4n) is 0. The van der Waals surface area contributed by atoms with Gasteiger partial charge in [-0.15, -0.1) is 11.6 Å². The van der Waals surface area contributed by atoms with Gasteiger partial charge in [0.25, 0.3) is 0 Å². The van der Waals surface area contributed by atoms with E-state index in [9.17, 15) is 0 Å². The summed E-state index contributed by atoms with van der Waals surface area (Å²) >= 11 is 4.82. The molecule has 0 aromatic heterocycles. The van der Waals surface area contributed by atoms with Gasteiger partial charge in [0.1, 0.15) is 6.29 Å². The number of rotatable bonds is 2. The summed E-state index contributed by atoms with van der Waals surface area (Å²) in [6.07, 6.45) is 0.640. The maximum absolute atomic E-state index is 9.04. The van der Waals surface area contributed by atoms with E-state index in [0.29, 0.717) is 6.29 Å². The van der Waals surface area contributed by atoms with Gasteiger partial charge in [0.2, 0.25) is 0 Å². The molecule has 0 heterocycles. The Hall–Kier alpha value is -0.120. The molecule has 0 bridgehead atoms. The molecule has 8 heavy (non-hydrogen) atoms. The second kappa shape index (κ2) is 15.8. The van der Waals surface area contributed by atoms with Crippen LogP contribution in [0, 0.1) is 0 Å². The van der Waals surface area contributed by atoms with Gasteiger partial charge in [-0.05, 0) is 0 Å². The first-order valence-electron chi connectivity index (χ1n) is 2.04. The molecular weight excluding hydrogens is 131 g/mol. The molecule has 0 aromatic rings. The molecule has 0 aromatic carbocycles. The van der Waals surface area contributed by atoms with Crippen LogP contribution in [0.2, 0.25) is 0 Å². The van der Waals surface area contributed by atoms with Crippen molar-refractivity contribution in [2.75, 3.05) is 19.1 Å². The van der Waals surface area contributed by atoms with E-state index in [0.717, 1.165) is 0 Å². The van der Waals surface area contributed by atoms with Crippen LogP contribution in [0.4, 0.5) is 0 Å². The number of hydrogen-bond acceptors (Lipinski definition) is 3. The van der Waals surface area contributed by atoms with Gasteiger partial charge in [0.15, 0.2) is 0 Å². The predicted molar refractivity (Wildman–Crippen MR) is 31.0 cm³/mol. The molecule has 0 unspecified atom stereocenters. The lowest BCUT2D eigenvalue weighted by atomic mass is 10.8. The van der Waals surface area contributed by atoms with Crippen molar-refractivity contribution in [2.24, 2.45) is 0 Å². The quantitative estimate of drug-likeness (QED) is 0.398. The van der Waals surface area contributed by atoms with Crippen LogP contribution in [0.3, 0.4) is 0 Å². The predicted octanol–water partition coefficient (Wildman–Crippen LogP) is -0.605. The Morgan fingerprint density at radius 1 is 1.38 bits per heavy atom. The Balaban J connectivity index is 0. The lowest BCUT2D eigenvalue weighted by Gasteiger charge is -1.70. The largest absolute Gasteiger partial charge is 0.394 e. The van der Waals surface area contributed by atoms with Gasteiger partial charge in [-0.1, -0.05) is 0 Å². The third-order valence-corrected chi connectivity index (χ3v) is 0.289. The van der Waals surface area contributed by atoms with E-state index >= 15 is 0 Å². The molecule has 0 saturated carbocycles. The van der Waals surface area contributed by atoms with Crippen LogP contribution in [0.5, 0.6) is 0 Å². The molecular formula is C4H9ClO3. The SMILES string of the molecule is O=CCCl.OCCO. The number of aldehydes is 1. The molecule has 0 rings (SSSR count). The van der Waals surface area contributed by atoms with Crippen molar-refractivity contribution in [3.8, 4) is 0 Å². The first-order chi connectivity index (χ1) is 3.83. The molecule has 0 saturated heterocycles. The lowest BCUT2D eigenvalue weighted by Crippen LogP contribution is -1.85. The first kappa shape index (κ1) is 10.8. The number of hydrogen-bond donors (Lipinski definition) is 2. The summed E-state index contributed by atoms with van der Waals surface area (Å²) < 4.78 is 0. The lowest BCUT2D eigenvalue weighted by molar-refractivity contribution is -0.105. The fraction of sp³-hybridized carbons (Fsp3) is 0.750. The van der Waals surface area contributed by atoms with Crippen molar-refractivity contribution in [2.45, 2.75) is 0 Å². The van der Waals surface area contributed by atoms with E-state index in [1.807, 2.05) is 0 Å². The molecule has 0 aliphatic carbocycles. The summed E-state index contributed by atoms with van der Waals surface area (Å²) in [5.41, 5.74) is 0. The monoisotopic (exact) mass is 140 g/mol. The summed E-state index contributed by atoms with van der Waals surface area (Å²) in [5, 5.41) is 15.2. The number of carbonyl (C=O) groups excluding carboxylic acids is 1. The normalized spacial score (nSPS) is 6.88. The third-order valence-electron chi connectivity index (χ3n) is 0.163. The van der Waals surface area contributed by atoms with Crippen LogP contribution in [0.25, 0.3) is 0 Å². The van der Waals surface area contributed by atoms with E-state index in [2.05, 4.69) is 0 Å². The van der Waals surface area contributed by atoms with E-state index < -0.39 is 0 Å². The maximum Gasteiger partial charge on any atom is 0.134 e. The Labute approximate surface area is 52.9 Å². The smallest absolute Gasteiger partial charge is 0.134 e. The molecule has 4 heteroatoms. The zero-order chi connectivity index (χ0) is 6.83. The van der Waals surface area contributed by atoms with Crippen LogP contribution in [0.15, 0.2) is 0 Å². The van der Waals surface area contributed by atoms with Crippen LogP contribution >= 0.6 is 11.6 Å². The fourth-order valence-corrected chi connectivity index (χ4v) is 0. The molecule has 3 nitrogen and oxygen atoms in total. The van der Waals surface area contributed by atoms with Crippen LogP contribution in [0.1, 0.15) is 0 Å². The van der Waals surface area contributed by atoms with E-state index in [1.165, 1.54) is 0 Å². The second-order valence-electron chi connectivity index (χ2n) is 0.768. The van der Waals surface area contributed by atoms with Crippen LogP contribution in [-0.4, -0.2) is 35.6 Å². The zero-order valence-corrected chi connectivity index (χ0v) is 5.14. The zero-order valence-electron chi connectivity index (χ0n) is 4.38. The van der Waals surface area contributed by atoms with Gasteiger partial charge in [-0.2, -0.15) is 0 Å². The van der Waals surface area contributed by atoms with Crippen LogP contribution < -0.4 is 0 Å². The minimum Gasteiger partial charge on any atom is -0.394 e. The molecule has 0 radical (unpaired) electrons. The van der Waals surface area contributed by atoms with Crippen molar-refractivity contribution in [3.05, 3.63) is 0 Å². The summed E-state index contributed by atoms with van der Waals surface area (Å²) in [4.78, 5) is 9.04. The highest BCUT2D eigenvalue weighted by Crippen LogP contribution is 1.57. The van der Waals surface area contributed by atoms with Crippen molar-refractivity contribution >= 4 is 17.9 Å². The number of aliphatic hydroxyl groups excluding tert-OH is 2. The Bertz CT molecular complexity index is 38.3. The average Bonchev–Trinajstić information content (AvgIpc) is 1.88. The average molecular weight is 141 g/mol. The van der Waals surface area contributed by atoms with Gasteiger partial charge in [-0.25, -0.2) is 0 Å². The molecule has 0 amide bonds. The molecule has 0 aliphatic heterocycles. The summed E-state index contributed by atoms with van der Waals surface area (Å²) in [6, 6.07) is 0. The van der Waals surface area contributed by atoms with Gasteiger partial charge in [0.05, 0.1) is 19.1 Å². The maximum atomic E-state index is 9.04. The van der Waals surface area contributed by atoms with E-state index in [1.54, 1.807) is 0 Å². The number of aliphatic hydroxyl groups is 2. The van der Waals surface area contributed by atoms with Gasteiger partial charge < -0.3 is 15.0 Å². The van der Waals surface area contributed by atoms with Gasteiger partial charge in [0, 0.05) is 0 Å². The van der Waals surface area contributed by atoms with Crippen molar-refractivity contribution in [1.29, 1.82) is 0 Å². The minimum absolute atomic E-state index is 0.111. The number of alkyl halides is 1. The summed E-state index contributed by atoms with van der Waals surface area (Å²) in [6.45, 7) is -0.250. The molecule has 0 spiro atoms. The highest BCUT2D eigenvalue weighted by Gasteiger charge is 1.58. The highest BCUT2D eigenvalue weighted by molar-refractivity contribution is 6.24. The van der Waals surface area contributed by atoms with E-state index in [4.69, 9.17) is 26.6 Å². The van der Waals surface area contributed by atoms with Crippen molar-refractivity contribution in [1.82, 2.24) is 0 Å². The standard InChI is InChI=1S/C2H3ClO.C2H6O2/c2*3-1-2-4/h2H,1H2;3-4H,1-2H2. The van der Waals surface area contributed by atoms with Gasteiger partial charge >= 0.3 is 0 Å². The summed E-state index contributed by atoms with van der Waals surface area (Å²) in [5.74, 6) is 0.111. The minimum atomic E-state index is -0.125. The topological polar surface area (TPSA) is 57.5 Å². The van der Waals surface area contributed by atoms with E-state index in [-0.39, 0.29) is 19.1 Å². The Kier molecular flexibility index (Phi) is 21.3.